The molecule has 1 aliphatic heterocycles. The highest BCUT2D eigenvalue weighted by molar-refractivity contribution is 5.77. The lowest BCUT2D eigenvalue weighted by atomic mass is 10.1. The predicted octanol–water partition coefficient (Wildman–Crippen LogP) is 3.33. The third kappa shape index (κ3) is 5.49. The third-order valence-corrected chi connectivity index (χ3v) is 4.52. The van der Waals surface area contributed by atoms with Crippen LogP contribution in [0.4, 0.5) is 0 Å². The van der Waals surface area contributed by atoms with Crippen LogP contribution in [0.2, 0.25) is 0 Å². The second-order valence-corrected chi connectivity index (χ2v) is 6.54. The minimum atomic E-state index is -0.297. The summed E-state index contributed by atoms with van der Waals surface area (Å²) in [5.41, 5.74) is 2.05. The van der Waals surface area contributed by atoms with Gasteiger partial charge in [-0.2, -0.15) is 0 Å². The van der Waals surface area contributed by atoms with Crippen molar-refractivity contribution in [1.29, 1.82) is 0 Å². The van der Waals surface area contributed by atoms with Crippen molar-refractivity contribution in [2.24, 2.45) is 0 Å². The SMILES string of the molecule is CCOC(=O)CCN(Cc1ccc2c(c1)OCO2)C(=O)CCc1ccccc1. The summed E-state index contributed by atoms with van der Waals surface area (Å²) in [6, 6.07) is 15.5. The maximum Gasteiger partial charge on any atom is 0.307 e. The minimum Gasteiger partial charge on any atom is -0.466 e. The quantitative estimate of drug-likeness (QED) is 0.622. The van der Waals surface area contributed by atoms with Gasteiger partial charge in [-0.25, -0.2) is 0 Å². The van der Waals surface area contributed by atoms with Gasteiger partial charge < -0.3 is 19.1 Å². The molecule has 0 spiro atoms. The molecule has 0 aliphatic carbocycles. The topological polar surface area (TPSA) is 65.1 Å². The molecule has 3 rings (SSSR count). The molecule has 0 bridgehead atoms. The number of hydrogen-bond acceptors (Lipinski definition) is 5. The molecular formula is C22H25NO5. The average molecular weight is 383 g/mol. The van der Waals surface area contributed by atoms with E-state index in [0.717, 1.165) is 11.1 Å². The van der Waals surface area contributed by atoms with Gasteiger partial charge in [0, 0.05) is 19.5 Å². The normalized spacial score (nSPS) is 11.9. The molecule has 0 unspecified atom stereocenters. The molecule has 0 fully saturated rings. The van der Waals surface area contributed by atoms with Crippen LogP contribution in [0.5, 0.6) is 11.5 Å². The zero-order valence-corrected chi connectivity index (χ0v) is 16.1. The lowest BCUT2D eigenvalue weighted by molar-refractivity contribution is -0.144. The molecule has 0 aromatic heterocycles. The van der Waals surface area contributed by atoms with E-state index in [1.165, 1.54) is 0 Å². The molecule has 28 heavy (non-hydrogen) atoms. The van der Waals surface area contributed by atoms with Crippen molar-refractivity contribution in [3.05, 3.63) is 59.7 Å². The summed E-state index contributed by atoms with van der Waals surface area (Å²) < 4.78 is 15.8. The van der Waals surface area contributed by atoms with E-state index in [9.17, 15) is 9.59 Å². The molecule has 0 radical (unpaired) electrons. The van der Waals surface area contributed by atoms with Crippen molar-refractivity contribution >= 4 is 11.9 Å². The lowest BCUT2D eigenvalue weighted by Gasteiger charge is -2.23. The Kier molecular flexibility index (Phi) is 6.89. The van der Waals surface area contributed by atoms with Gasteiger partial charge in [0.25, 0.3) is 0 Å². The van der Waals surface area contributed by atoms with Crippen molar-refractivity contribution in [3.8, 4) is 11.5 Å². The number of fused-ring (bicyclic) bond motifs is 1. The van der Waals surface area contributed by atoms with Crippen molar-refractivity contribution < 1.29 is 23.8 Å². The Bertz CT molecular complexity index is 806. The summed E-state index contributed by atoms with van der Waals surface area (Å²) in [6.07, 6.45) is 1.23. The van der Waals surface area contributed by atoms with Crippen molar-refractivity contribution in [2.75, 3.05) is 19.9 Å². The van der Waals surface area contributed by atoms with Gasteiger partial charge in [0.1, 0.15) is 0 Å². The highest BCUT2D eigenvalue weighted by atomic mass is 16.7. The van der Waals surface area contributed by atoms with E-state index >= 15 is 0 Å². The van der Waals surface area contributed by atoms with Gasteiger partial charge in [0.05, 0.1) is 13.0 Å². The summed E-state index contributed by atoms with van der Waals surface area (Å²) in [7, 11) is 0. The van der Waals surface area contributed by atoms with Crippen molar-refractivity contribution in [3.63, 3.8) is 0 Å². The molecule has 148 valence electrons. The molecule has 2 aromatic carbocycles. The molecule has 0 saturated carbocycles. The second-order valence-electron chi connectivity index (χ2n) is 6.54. The van der Waals surface area contributed by atoms with Crippen LogP contribution < -0.4 is 9.47 Å². The zero-order chi connectivity index (χ0) is 19.8. The number of ether oxygens (including phenoxy) is 3. The largest absolute Gasteiger partial charge is 0.466 e. The molecule has 1 amide bonds. The van der Waals surface area contributed by atoms with Crippen LogP contribution in [-0.4, -0.2) is 36.7 Å². The fourth-order valence-corrected chi connectivity index (χ4v) is 3.07. The minimum absolute atomic E-state index is 0.00539. The monoisotopic (exact) mass is 383 g/mol. The number of benzene rings is 2. The first-order chi connectivity index (χ1) is 13.7. The smallest absolute Gasteiger partial charge is 0.307 e. The molecule has 0 N–H and O–H groups in total. The maximum atomic E-state index is 12.8. The fourth-order valence-electron chi connectivity index (χ4n) is 3.07. The van der Waals surface area contributed by atoms with Crippen LogP contribution in [-0.2, 0) is 27.3 Å². The van der Waals surface area contributed by atoms with Crippen LogP contribution in [0.1, 0.15) is 30.9 Å². The Morgan fingerprint density at radius 1 is 1.00 bits per heavy atom. The molecule has 1 aliphatic rings. The lowest BCUT2D eigenvalue weighted by Crippen LogP contribution is -2.33. The first-order valence-electron chi connectivity index (χ1n) is 9.51. The van der Waals surface area contributed by atoms with E-state index in [4.69, 9.17) is 14.2 Å². The van der Waals surface area contributed by atoms with E-state index in [1.54, 1.807) is 11.8 Å². The molecule has 2 aromatic rings. The molecule has 6 nitrogen and oxygen atoms in total. The average Bonchev–Trinajstić information content (AvgIpc) is 3.18. The van der Waals surface area contributed by atoms with Gasteiger partial charge in [0.2, 0.25) is 12.7 Å². The molecule has 0 saturated heterocycles. The summed E-state index contributed by atoms with van der Waals surface area (Å²) in [6.45, 7) is 3.04. The number of aryl methyl sites for hydroxylation is 1. The Hall–Kier alpha value is -3.02. The standard InChI is InChI=1S/C22H25NO5/c1-2-26-22(25)12-13-23(21(24)11-9-17-6-4-3-5-7-17)15-18-8-10-19-20(14-18)28-16-27-19/h3-8,10,14H,2,9,11-13,15-16H2,1H3. The van der Waals surface area contributed by atoms with E-state index in [1.807, 2.05) is 48.5 Å². The second kappa shape index (κ2) is 9.78. The van der Waals surface area contributed by atoms with E-state index < -0.39 is 0 Å². The number of esters is 1. The van der Waals surface area contributed by atoms with Gasteiger partial charge >= 0.3 is 5.97 Å². The van der Waals surface area contributed by atoms with Gasteiger partial charge in [0.15, 0.2) is 11.5 Å². The van der Waals surface area contributed by atoms with Gasteiger partial charge in [-0.1, -0.05) is 36.4 Å². The fraction of sp³-hybridized carbons (Fsp3) is 0.364. The third-order valence-electron chi connectivity index (χ3n) is 4.52. The van der Waals surface area contributed by atoms with E-state index in [2.05, 4.69) is 0 Å². The summed E-state index contributed by atoms with van der Waals surface area (Å²) in [5.74, 6) is 1.09. The van der Waals surface area contributed by atoms with E-state index in [0.29, 0.717) is 44.0 Å². The summed E-state index contributed by atoms with van der Waals surface area (Å²) >= 11 is 0. The predicted molar refractivity (Wildman–Crippen MR) is 104 cm³/mol. The first kappa shape index (κ1) is 19.7. The molecule has 6 heteroatoms. The Labute approximate surface area is 165 Å². The molecular weight excluding hydrogens is 358 g/mol. The number of hydrogen-bond donors (Lipinski definition) is 0. The van der Waals surface area contributed by atoms with Gasteiger partial charge in [-0.05, 0) is 36.6 Å². The Morgan fingerprint density at radius 3 is 2.57 bits per heavy atom. The summed E-state index contributed by atoms with van der Waals surface area (Å²) in [5, 5.41) is 0. The zero-order valence-electron chi connectivity index (χ0n) is 16.1. The van der Waals surface area contributed by atoms with E-state index in [-0.39, 0.29) is 25.1 Å². The highest BCUT2D eigenvalue weighted by Gasteiger charge is 2.19. The van der Waals surface area contributed by atoms with Crippen molar-refractivity contribution in [1.82, 2.24) is 4.90 Å². The highest BCUT2D eigenvalue weighted by Crippen LogP contribution is 2.32. The Morgan fingerprint density at radius 2 is 1.79 bits per heavy atom. The van der Waals surface area contributed by atoms with Crippen LogP contribution in [0.25, 0.3) is 0 Å². The molecule has 1 heterocycles. The van der Waals surface area contributed by atoms with Crippen LogP contribution in [0.3, 0.4) is 0 Å². The number of amides is 1. The maximum absolute atomic E-state index is 12.8. The van der Waals surface area contributed by atoms with Crippen LogP contribution in [0, 0.1) is 0 Å². The number of nitrogens with zero attached hydrogens (tertiary/aromatic N) is 1. The van der Waals surface area contributed by atoms with Gasteiger partial charge in [-0.3, -0.25) is 9.59 Å². The van der Waals surface area contributed by atoms with Crippen LogP contribution >= 0.6 is 0 Å². The summed E-state index contributed by atoms with van der Waals surface area (Å²) in [4.78, 5) is 26.3. The van der Waals surface area contributed by atoms with Gasteiger partial charge in [-0.15, -0.1) is 0 Å². The first-order valence-corrected chi connectivity index (χ1v) is 9.51. The molecule has 0 atom stereocenters. The Balaban J connectivity index is 1.65. The number of rotatable bonds is 9. The number of carbonyl (C=O) groups is 2. The van der Waals surface area contributed by atoms with Crippen molar-refractivity contribution in [2.45, 2.75) is 32.7 Å². The van der Waals surface area contributed by atoms with Crippen LogP contribution in [0.15, 0.2) is 48.5 Å². The number of carbonyl (C=O) groups excluding carboxylic acids is 2.